The molecule has 0 fully saturated rings. The van der Waals surface area contributed by atoms with E-state index in [0.29, 0.717) is 0 Å². The van der Waals surface area contributed by atoms with Gasteiger partial charge in [-0.25, -0.2) is 9.97 Å². The van der Waals surface area contributed by atoms with Crippen LogP contribution < -0.4 is 10.1 Å². The Hall–Kier alpha value is -1.94. The van der Waals surface area contributed by atoms with E-state index in [-0.39, 0.29) is 6.10 Å². The van der Waals surface area contributed by atoms with Crippen molar-refractivity contribution in [3.8, 4) is 17.1 Å². The molecule has 104 valence electrons. The van der Waals surface area contributed by atoms with Gasteiger partial charge in [0.2, 0.25) is 0 Å². The molecule has 2 heterocycles. The van der Waals surface area contributed by atoms with E-state index in [2.05, 4.69) is 15.3 Å². The first-order chi connectivity index (χ1) is 9.72. The average Bonchev–Trinajstić information content (AvgIpc) is 2.47. The van der Waals surface area contributed by atoms with Gasteiger partial charge < -0.3 is 10.1 Å². The molecule has 0 bridgehead atoms. The summed E-state index contributed by atoms with van der Waals surface area (Å²) < 4.78 is 5.65. The first kappa shape index (κ1) is 13.1. The van der Waals surface area contributed by atoms with Crippen LogP contribution in [0.5, 0.6) is 5.75 Å². The number of hydrogen-bond donors (Lipinski definition) is 1. The molecule has 1 aromatic heterocycles. The van der Waals surface area contributed by atoms with Gasteiger partial charge in [0.15, 0.2) is 5.82 Å². The van der Waals surface area contributed by atoms with E-state index in [1.807, 2.05) is 44.3 Å². The zero-order valence-corrected chi connectivity index (χ0v) is 11.9. The van der Waals surface area contributed by atoms with Crippen LogP contribution in [0, 0.1) is 0 Å². The highest BCUT2D eigenvalue weighted by atomic mass is 16.5. The summed E-state index contributed by atoms with van der Waals surface area (Å²) in [5.41, 5.74) is 3.40. The Morgan fingerprint density at radius 1 is 1.20 bits per heavy atom. The lowest BCUT2D eigenvalue weighted by Gasteiger charge is -2.16. The molecule has 0 radical (unpaired) electrons. The zero-order chi connectivity index (χ0) is 13.9. The summed E-state index contributed by atoms with van der Waals surface area (Å²) in [6.07, 6.45) is 3.09. The molecule has 4 heteroatoms. The van der Waals surface area contributed by atoms with Crippen molar-refractivity contribution in [1.29, 1.82) is 0 Å². The van der Waals surface area contributed by atoms with Crippen molar-refractivity contribution in [3.63, 3.8) is 0 Å². The minimum absolute atomic E-state index is 0.188. The Labute approximate surface area is 119 Å². The molecule has 0 spiro atoms. The highest BCUT2D eigenvalue weighted by Gasteiger charge is 2.12. The molecular formula is C16H19N3O. The van der Waals surface area contributed by atoms with E-state index in [1.165, 1.54) is 5.56 Å². The van der Waals surface area contributed by atoms with Crippen LogP contribution in [-0.2, 0) is 13.0 Å². The minimum Gasteiger partial charge on any atom is -0.491 e. The largest absolute Gasteiger partial charge is 0.491 e. The molecule has 2 aromatic rings. The fourth-order valence-electron chi connectivity index (χ4n) is 2.33. The number of nitrogens with one attached hydrogen (secondary N) is 1. The van der Waals surface area contributed by atoms with Crippen LogP contribution in [0.3, 0.4) is 0 Å². The normalized spacial score (nSPS) is 14.2. The van der Waals surface area contributed by atoms with Gasteiger partial charge in [0.05, 0.1) is 11.8 Å². The molecule has 0 unspecified atom stereocenters. The third-order valence-electron chi connectivity index (χ3n) is 3.29. The molecule has 0 atom stereocenters. The van der Waals surface area contributed by atoms with Gasteiger partial charge >= 0.3 is 0 Å². The number of nitrogens with zero attached hydrogens (tertiary/aromatic N) is 2. The maximum absolute atomic E-state index is 5.65. The van der Waals surface area contributed by atoms with E-state index in [0.717, 1.165) is 42.3 Å². The monoisotopic (exact) mass is 269 g/mol. The van der Waals surface area contributed by atoms with Crippen LogP contribution in [0.4, 0.5) is 0 Å². The highest BCUT2D eigenvalue weighted by molar-refractivity contribution is 5.56. The van der Waals surface area contributed by atoms with Gasteiger partial charge in [-0.2, -0.15) is 0 Å². The lowest BCUT2D eigenvalue weighted by molar-refractivity contribution is 0.242. The molecule has 20 heavy (non-hydrogen) atoms. The zero-order valence-electron chi connectivity index (χ0n) is 11.9. The number of benzene rings is 1. The first-order valence-corrected chi connectivity index (χ1v) is 7.05. The summed E-state index contributed by atoms with van der Waals surface area (Å²) in [5.74, 6) is 1.67. The molecule has 0 aliphatic carbocycles. The van der Waals surface area contributed by atoms with Crippen LogP contribution in [0.15, 0.2) is 30.5 Å². The number of ether oxygens (including phenoxy) is 1. The third kappa shape index (κ3) is 2.80. The van der Waals surface area contributed by atoms with Gasteiger partial charge in [-0.05, 0) is 38.1 Å². The van der Waals surface area contributed by atoms with Gasteiger partial charge in [0.25, 0.3) is 0 Å². The molecule has 1 aliphatic heterocycles. The lowest BCUT2D eigenvalue weighted by Crippen LogP contribution is -2.24. The fraction of sp³-hybridized carbons (Fsp3) is 0.375. The number of aromatic nitrogens is 2. The van der Waals surface area contributed by atoms with Crippen molar-refractivity contribution in [1.82, 2.24) is 15.3 Å². The second kappa shape index (κ2) is 5.59. The molecule has 0 saturated carbocycles. The quantitative estimate of drug-likeness (QED) is 0.930. The molecule has 1 aromatic carbocycles. The second-order valence-electron chi connectivity index (χ2n) is 5.28. The average molecular weight is 269 g/mol. The van der Waals surface area contributed by atoms with E-state index in [1.54, 1.807) is 0 Å². The van der Waals surface area contributed by atoms with Gasteiger partial charge in [0, 0.05) is 36.8 Å². The van der Waals surface area contributed by atoms with E-state index >= 15 is 0 Å². The van der Waals surface area contributed by atoms with Crippen molar-refractivity contribution in [2.24, 2.45) is 0 Å². The Kier molecular flexibility index (Phi) is 3.65. The van der Waals surface area contributed by atoms with Gasteiger partial charge in [-0.3, -0.25) is 0 Å². The summed E-state index contributed by atoms with van der Waals surface area (Å²) in [6, 6.07) is 7.97. The van der Waals surface area contributed by atoms with E-state index < -0.39 is 0 Å². The van der Waals surface area contributed by atoms with Gasteiger partial charge in [0.1, 0.15) is 5.75 Å². The summed E-state index contributed by atoms with van der Waals surface area (Å²) >= 11 is 0. The first-order valence-electron chi connectivity index (χ1n) is 7.05. The smallest absolute Gasteiger partial charge is 0.159 e. The van der Waals surface area contributed by atoms with Crippen LogP contribution in [-0.4, -0.2) is 22.6 Å². The summed E-state index contributed by atoms with van der Waals surface area (Å²) in [5, 5.41) is 3.33. The maximum Gasteiger partial charge on any atom is 0.159 e. The standard InChI is InChI=1S/C16H19N3O/c1-11(2)20-14-5-3-12(4-6-14)16-18-10-13-9-17-8-7-15(13)19-16/h3-6,10-11,17H,7-9H2,1-2H3. The van der Waals surface area contributed by atoms with Crippen molar-refractivity contribution >= 4 is 0 Å². The topological polar surface area (TPSA) is 47.0 Å². The van der Waals surface area contributed by atoms with Crippen LogP contribution in [0.1, 0.15) is 25.1 Å². The highest BCUT2D eigenvalue weighted by Crippen LogP contribution is 2.21. The summed E-state index contributed by atoms with van der Waals surface area (Å²) in [7, 11) is 0. The van der Waals surface area contributed by atoms with Crippen molar-refractivity contribution in [3.05, 3.63) is 41.7 Å². The van der Waals surface area contributed by atoms with Crippen LogP contribution in [0.25, 0.3) is 11.4 Å². The lowest BCUT2D eigenvalue weighted by atomic mass is 10.1. The molecule has 3 rings (SSSR count). The third-order valence-corrected chi connectivity index (χ3v) is 3.29. The minimum atomic E-state index is 0.188. The Morgan fingerprint density at radius 3 is 2.75 bits per heavy atom. The predicted octanol–water partition coefficient (Wildman–Crippen LogP) is 2.58. The van der Waals surface area contributed by atoms with E-state index in [4.69, 9.17) is 4.74 Å². The molecule has 0 saturated heterocycles. The molecule has 1 N–H and O–H groups in total. The molecular weight excluding hydrogens is 250 g/mol. The molecule has 4 nitrogen and oxygen atoms in total. The predicted molar refractivity (Wildman–Crippen MR) is 78.6 cm³/mol. The molecule has 1 aliphatic rings. The number of hydrogen-bond acceptors (Lipinski definition) is 4. The fourth-order valence-corrected chi connectivity index (χ4v) is 2.33. The van der Waals surface area contributed by atoms with Crippen molar-refractivity contribution < 1.29 is 4.74 Å². The summed E-state index contributed by atoms with van der Waals surface area (Å²) in [6.45, 7) is 5.91. The Bertz CT molecular complexity index is 593. The SMILES string of the molecule is CC(C)Oc1ccc(-c2ncc3c(n2)CCNC3)cc1. The van der Waals surface area contributed by atoms with Gasteiger partial charge in [-0.1, -0.05) is 0 Å². The second-order valence-corrected chi connectivity index (χ2v) is 5.28. The molecule has 0 amide bonds. The Morgan fingerprint density at radius 2 is 2.00 bits per heavy atom. The van der Waals surface area contributed by atoms with Crippen LogP contribution in [0.2, 0.25) is 0 Å². The van der Waals surface area contributed by atoms with E-state index in [9.17, 15) is 0 Å². The Balaban J connectivity index is 1.85. The van der Waals surface area contributed by atoms with Crippen LogP contribution >= 0.6 is 0 Å². The maximum atomic E-state index is 5.65. The summed E-state index contributed by atoms with van der Waals surface area (Å²) in [4.78, 5) is 9.14. The number of rotatable bonds is 3. The van der Waals surface area contributed by atoms with Crippen molar-refractivity contribution in [2.75, 3.05) is 6.54 Å². The number of fused-ring (bicyclic) bond motifs is 1. The van der Waals surface area contributed by atoms with Crippen molar-refractivity contribution in [2.45, 2.75) is 32.9 Å². The van der Waals surface area contributed by atoms with Gasteiger partial charge in [-0.15, -0.1) is 0 Å².